The van der Waals surface area contributed by atoms with Crippen molar-refractivity contribution in [1.29, 1.82) is 0 Å². The molecule has 1 fully saturated rings. The molecule has 1 heterocycles. The number of carbonyl (C=O) groups is 1. The number of ether oxygens (including phenoxy) is 2. The van der Waals surface area contributed by atoms with Crippen LogP contribution in [0, 0.1) is 0 Å². The fourth-order valence-corrected chi connectivity index (χ4v) is 3.11. The van der Waals surface area contributed by atoms with E-state index >= 15 is 0 Å². The molecule has 0 saturated carbocycles. The van der Waals surface area contributed by atoms with Gasteiger partial charge in [0.05, 0.1) is 14.2 Å². The van der Waals surface area contributed by atoms with Crippen LogP contribution in [0.15, 0.2) is 42.5 Å². The fraction of sp³-hybridized carbons (Fsp3) is 0.350. The Kier molecular flexibility index (Phi) is 5.90. The fourth-order valence-electron chi connectivity index (χ4n) is 3.11. The molecule has 3 rings (SSSR count). The van der Waals surface area contributed by atoms with Gasteiger partial charge in [0.25, 0.3) is 0 Å². The summed E-state index contributed by atoms with van der Waals surface area (Å²) in [7, 11) is 3.19. The number of phenols is 1. The van der Waals surface area contributed by atoms with Gasteiger partial charge in [-0.05, 0) is 42.0 Å². The maximum absolute atomic E-state index is 12.4. The number of carbonyl (C=O) groups excluding carboxylic acids is 1. The number of hydrogen-bond acceptors (Lipinski definition) is 5. The SMILES string of the molecule is COc1ccc(CNC(=O)N2CCN(c3ccc(O)cc3)CC2)cc1OC. The van der Waals surface area contributed by atoms with Gasteiger partial charge in [-0.25, -0.2) is 4.79 Å². The molecule has 0 atom stereocenters. The van der Waals surface area contributed by atoms with Crippen molar-refractivity contribution in [2.24, 2.45) is 0 Å². The third-order valence-electron chi connectivity index (χ3n) is 4.67. The predicted octanol–water partition coefficient (Wildman–Crippen LogP) is 2.44. The smallest absolute Gasteiger partial charge is 0.317 e. The Labute approximate surface area is 159 Å². The van der Waals surface area contributed by atoms with Gasteiger partial charge in [-0.2, -0.15) is 0 Å². The number of aromatic hydroxyl groups is 1. The molecular weight excluding hydrogens is 346 g/mol. The number of piperazine rings is 1. The lowest BCUT2D eigenvalue weighted by Crippen LogP contribution is -2.51. The molecule has 2 aromatic rings. The number of rotatable bonds is 5. The Morgan fingerprint density at radius 3 is 2.30 bits per heavy atom. The number of anilines is 1. The number of hydrogen-bond donors (Lipinski definition) is 2. The Balaban J connectivity index is 1.50. The molecule has 1 aliphatic heterocycles. The lowest BCUT2D eigenvalue weighted by atomic mass is 10.2. The molecule has 2 N–H and O–H groups in total. The van der Waals surface area contributed by atoms with E-state index in [1.165, 1.54) is 0 Å². The average Bonchev–Trinajstić information content (AvgIpc) is 2.72. The highest BCUT2D eigenvalue weighted by molar-refractivity contribution is 5.74. The molecule has 2 aromatic carbocycles. The standard InChI is InChI=1S/C20H25N3O4/c1-26-18-8-3-15(13-19(18)27-2)14-21-20(25)23-11-9-22(10-12-23)16-4-6-17(24)7-5-16/h3-8,13,24H,9-12,14H2,1-2H3,(H,21,25). The van der Waals surface area contributed by atoms with Crippen molar-refractivity contribution in [2.45, 2.75) is 6.54 Å². The number of benzene rings is 2. The quantitative estimate of drug-likeness (QED) is 0.845. The largest absolute Gasteiger partial charge is 0.508 e. The van der Waals surface area contributed by atoms with E-state index in [0.717, 1.165) is 24.3 Å². The van der Waals surface area contributed by atoms with Crippen molar-refractivity contribution >= 4 is 11.7 Å². The van der Waals surface area contributed by atoms with Gasteiger partial charge in [0.1, 0.15) is 5.75 Å². The zero-order valence-corrected chi connectivity index (χ0v) is 15.6. The Morgan fingerprint density at radius 1 is 1.00 bits per heavy atom. The second-order valence-electron chi connectivity index (χ2n) is 6.34. The minimum Gasteiger partial charge on any atom is -0.508 e. The lowest BCUT2D eigenvalue weighted by molar-refractivity contribution is 0.194. The molecular formula is C20H25N3O4. The zero-order chi connectivity index (χ0) is 19.2. The maximum Gasteiger partial charge on any atom is 0.317 e. The first-order valence-electron chi connectivity index (χ1n) is 8.88. The second kappa shape index (κ2) is 8.53. The van der Waals surface area contributed by atoms with Crippen molar-refractivity contribution in [2.75, 3.05) is 45.3 Å². The van der Waals surface area contributed by atoms with Gasteiger partial charge in [-0.15, -0.1) is 0 Å². The van der Waals surface area contributed by atoms with Gasteiger partial charge in [-0.3, -0.25) is 0 Å². The summed E-state index contributed by atoms with van der Waals surface area (Å²) in [5.74, 6) is 1.57. The summed E-state index contributed by atoms with van der Waals surface area (Å²) in [6.07, 6.45) is 0. The number of nitrogens with one attached hydrogen (secondary N) is 1. The average molecular weight is 371 g/mol. The number of nitrogens with zero attached hydrogens (tertiary/aromatic N) is 2. The summed E-state index contributed by atoms with van der Waals surface area (Å²) >= 11 is 0. The topological polar surface area (TPSA) is 74.3 Å². The zero-order valence-electron chi connectivity index (χ0n) is 15.6. The molecule has 7 nitrogen and oxygen atoms in total. The van der Waals surface area contributed by atoms with Crippen LogP contribution in [0.25, 0.3) is 0 Å². The van der Waals surface area contributed by atoms with Crippen LogP contribution >= 0.6 is 0 Å². The summed E-state index contributed by atoms with van der Waals surface area (Å²) in [5, 5.41) is 12.3. The van der Waals surface area contributed by atoms with Gasteiger partial charge < -0.3 is 29.7 Å². The monoisotopic (exact) mass is 371 g/mol. The van der Waals surface area contributed by atoms with Crippen molar-refractivity contribution < 1.29 is 19.4 Å². The van der Waals surface area contributed by atoms with Gasteiger partial charge in [-0.1, -0.05) is 6.07 Å². The molecule has 2 amide bonds. The molecule has 0 unspecified atom stereocenters. The molecule has 0 aromatic heterocycles. The van der Waals surface area contributed by atoms with Crippen molar-refractivity contribution in [3.63, 3.8) is 0 Å². The van der Waals surface area contributed by atoms with E-state index in [1.54, 1.807) is 26.4 Å². The molecule has 0 bridgehead atoms. The highest BCUT2D eigenvalue weighted by atomic mass is 16.5. The number of amides is 2. The number of phenolic OH excluding ortho intramolecular Hbond substituents is 1. The highest BCUT2D eigenvalue weighted by Gasteiger charge is 2.21. The minimum absolute atomic E-state index is 0.0739. The van der Waals surface area contributed by atoms with Crippen LogP contribution in [0.1, 0.15) is 5.56 Å². The first-order chi connectivity index (χ1) is 13.1. The summed E-state index contributed by atoms with van der Waals surface area (Å²) in [4.78, 5) is 16.5. The first-order valence-corrected chi connectivity index (χ1v) is 8.88. The normalized spacial score (nSPS) is 14.0. The van der Waals surface area contributed by atoms with Crippen molar-refractivity contribution in [3.05, 3.63) is 48.0 Å². The molecule has 27 heavy (non-hydrogen) atoms. The van der Waals surface area contributed by atoms with E-state index in [0.29, 0.717) is 31.1 Å². The van der Waals surface area contributed by atoms with Crippen LogP contribution in [0.4, 0.5) is 10.5 Å². The Hall–Kier alpha value is -3.09. The predicted molar refractivity (Wildman–Crippen MR) is 104 cm³/mol. The van der Waals surface area contributed by atoms with Crippen LogP contribution in [-0.4, -0.2) is 56.4 Å². The van der Waals surface area contributed by atoms with Crippen molar-refractivity contribution in [1.82, 2.24) is 10.2 Å². The van der Waals surface area contributed by atoms with Crippen LogP contribution in [0.2, 0.25) is 0 Å². The third-order valence-corrected chi connectivity index (χ3v) is 4.67. The van der Waals surface area contributed by atoms with E-state index in [1.807, 2.05) is 35.2 Å². The van der Waals surface area contributed by atoms with Crippen LogP contribution in [0.5, 0.6) is 17.2 Å². The van der Waals surface area contributed by atoms with Crippen molar-refractivity contribution in [3.8, 4) is 17.2 Å². The number of urea groups is 1. The molecule has 0 spiro atoms. The Bertz CT molecular complexity index is 771. The van der Waals surface area contributed by atoms with E-state index in [-0.39, 0.29) is 11.8 Å². The number of methoxy groups -OCH3 is 2. The van der Waals surface area contributed by atoms with Gasteiger partial charge in [0.2, 0.25) is 0 Å². The molecule has 0 radical (unpaired) electrons. The minimum atomic E-state index is -0.0739. The molecule has 1 saturated heterocycles. The van der Waals surface area contributed by atoms with E-state index < -0.39 is 0 Å². The summed E-state index contributed by atoms with van der Waals surface area (Å²) in [6.45, 7) is 3.25. The van der Waals surface area contributed by atoms with E-state index in [2.05, 4.69) is 10.2 Å². The lowest BCUT2D eigenvalue weighted by Gasteiger charge is -2.36. The van der Waals surface area contributed by atoms with E-state index in [4.69, 9.17) is 9.47 Å². The molecule has 1 aliphatic rings. The van der Waals surface area contributed by atoms with Crippen LogP contribution in [-0.2, 0) is 6.54 Å². The van der Waals surface area contributed by atoms with E-state index in [9.17, 15) is 9.90 Å². The second-order valence-corrected chi connectivity index (χ2v) is 6.34. The van der Waals surface area contributed by atoms with Crippen LogP contribution in [0.3, 0.4) is 0 Å². The first kappa shape index (κ1) is 18.7. The molecule has 0 aliphatic carbocycles. The highest BCUT2D eigenvalue weighted by Crippen LogP contribution is 2.27. The Morgan fingerprint density at radius 2 is 1.67 bits per heavy atom. The third kappa shape index (κ3) is 4.55. The van der Waals surface area contributed by atoms with Crippen LogP contribution < -0.4 is 19.7 Å². The molecule has 144 valence electrons. The van der Waals surface area contributed by atoms with Gasteiger partial charge in [0, 0.05) is 38.4 Å². The van der Waals surface area contributed by atoms with Gasteiger partial charge >= 0.3 is 6.03 Å². The van der Waals surface area contributed by atoms with Gasteiger partial charge in [0.15, 0.2) is 11.5 Å². The summed E-state index contributed by atoms with van der Waals surface area (Å²) in [5.41, 5.74) is 2.00. The maximum atomic E-state index is 12.4. The molecule has 7 heteroatoms. The summed E-state index contributed by atoms with van der Waals surface area (Å²) in [6, 6.07) is 12.7. The summed E-state index contributed by atoms with van der Waals surface area (Å²) < 4.78 is 10.5.